The molecule has 1 N–H and O–H groups in total. The summed E-state index contributed by atoms with van der Waals surface area (Å²) < 4.78 is 1.79. The van der Waals surface area contributed by atoms with Gasteiger partial charge in [-0.2, -0.15) is 14.6 Å². The summed E-state index contributed by atoms with van der Waals surface area (Å²) in [5, 5.41) is 14.3. The number of fused-ring (bicyclic) bond motifs is 2. The van der Waals surface area contributed by atoms with E-state index in [0.29, 0.717) is 17.6 Å². The van der Waals surface area contributed by atoms with Crippen molar-refractivity contribution < 1.29 is 5.11 Å². The van der Waals surface area contributed by atoms with E-state index >= 15 is 0 Å². The van der Waals surface area contributed by atoms with E-state index in [-0.39, 0.29) is 6.10 Å². The van der Waals surface area contributed by atoms with Crippen molar-refractivity contribution in [1.29, 1.82) is 0 Å². The van der Waals surface area contributed by atoms with Gasteiger partial charge in [-0.15, -0.1) is 0 Å². The predicted molar refractivity (Wildman–Crippen MR) is 70.0 cm³/mol. The zero-order valence-corrected chi connectivity index (χ0v) is 10.9. The van der Waals surface area contributed by atoms with Gasteiger partial charge >= 0.3 is 0 Å². The fourth-order valence-corrected chi connectivity index (χ4v) is 3.56. The van der Waals surface area contributed by atoms with Crippen molar-refractivity contribution >= 4 is 11.6 Å². The van der Waals surface area contributed by atoms with Gasteiger partial charge in [-0.25, -0.2) is 4.98 Å². The van der Waals surface area contributed by atoms with Crippen molar-refractivity contribution in [2.45, 2.75) is 25.9 Å². The maximum Gasteiger partial charge on any atom is 0.254 e. The summed E-state index contributed by atoms with van der Waals surface area (Å²) in [6, 6.07) is 2.05. The first-order valence-corrected chi connectivity index (χ1v) is 6.83. The smallest absolute Gasteiger partial charge is 0.254 e. The normalized spacial score (nSPS) is 30.2. The molecule has 1 aliphatic heterocycles. The van der Waals surface area contributed by atoms with Crippen LogP contribution in [0.5, 0.6) is 0 Å². The Balaban J connectivity index is 1.74. The van der Waals surface area contributed by atoms with E-state index in [2.05, 4.69) is 26.0 Å². The summed E-state index contributed by atoms with van der Waals surface area (Å²) in [4.78, 5) is 10.8. The van der Waals surface area contributed by atoms with E-state index < -0.39 is 0 Å². The molecular formula is C13H17N5O. The monoisotopic (exact) mass is 259 g/mol. The highest BCUT2D eigenvalue weighted by Crippen LogP contribution is 2.39. The van der Waals surface area contributed by atoms with Crippen LogP contribution in [0.25, 0.3) is 5.78 Å². The first kappa shape index (κ1) is 11.2. The van der Waals surface area contributed by atoms with Gasteiger partial charge in [0.25, 0.3) is 5.78 Å². The highest BCUT2D eigenvalue weighted by atomic mass is 16.3. The van der Waals surface area contributed by atoms with Crippen LogP contribution in [-0.2, 0) is 0 Å². The second-order valence-electron chi connectivity index (χ2n) is 5.70. The number of aliphatic hydroxyl groups excluding tert-OH is 1. The number of aromatic nitrogens is 4. The van der Waals surface area contributed by atoms with Gasteiger partial charge in [0.15, 0.2) is 0 Å². The molecule has 3 heterocycles. The maximum atomic E-state index is 10.0. The van der Waals surface area contributed by atoms with E-state index in [1.807, 2.05) is 6.92 Å². The molecule has 2 fully saturated rings. The summed E-state index contributed by atoms with van der Waals surface area (Å²) in [6.07, 6.45) is 3.49. The number of aliphatic hydroxyl groups is 1. The van der Waals surface area contributed by atoms with Crippen molar-refractivity contribution in [3.8, 4) is 0 Å². The van der Waals surface area contributed by atoms with Gasteiger partial charge in [0.05, 0.1) is 6.10 Å². The molecule has 0 aromatic carbocycles. The molecule has 100 valence electrons. The Morgan fingerprint density at radius 1 is 1.32 bits per heavy atom. The SMILES string of the molecule is Cc1cc(N2CC3CCC(O)C3C2)n2ncnc2n1. The number of aryl methyl sites for hydroxylation is 1. The molecule has 1 saturated carbocycles. The Kier molecular flexibility index (Phi) is 2.29. The van der Waals surface area contributed by atoms with Crippen LogP contribution in [0, 0.1) is 18.8 Å². The number of anilines is 1. The minimum atomic E-state index is -0.135. The third-order valence-corrected chi connectivity index (χ3v) is 4.50. The quantitative estimate of drug-likeness (QED) is 0.814. The summed E-state index contributed by atoms with van der Waals surface area (Å²) in [5.74, 6) is 2.71. The second-order valence-corrected chi connectivity index (χ2v) is 5.70. The van der Waals surface area contributed by atoms with Crippen molar-refractivity contribution in [3.63, 3.8) is 0 Å². The molecule has 19 heavy (non-hydrogen) atoms. The van der Waals surface area contributed by atoms with Crippen molar-refractivity contribution in [2.75, 3.05) is 18.0 Å². The molecule has 0 radical (unpaired) electrons. The fourth-order valence-electron chi connectivity index (χ4n) is 3.56. The van der Waals surface area contributed by atoms with Gasteiger partial charge in [-0.1, -0.05) is 0 Å². The molecule has 6 heteroatoms. The number of hydrogen-bond acceptors (Lipinski definition) is 5. The average molecular weight is 259 g/mol. The molecule has 2 aromatic rings. The molecule has 2 aromatic heterocycles. The van der Waals surface area contributed by atoms with Crippen LogP contribution in [-0.4, -0.2) is 43.9 Å². The lowest BCUT2D eigenvalue weighted by Gasteiger charge is -2.21. The van der Waals surface area contributed by atoms with E-state index in [4.69, 9.17) is 0 Å². The van der Waals surface area contributed by atoms with Crippen LogP contribution < -0.4 is 4.90 Å². The molecule has 4 rings (SSSR count). The third kappa shape index (κ3) is 1.63. The molecular weight excluding hydrogens is 242 g/mol. The van der Waals surface area contributed by atoms with E-state index in [9.17, 15) is 5.11 Å². The van der Waals surface area contributed by atoms with Crippen molar-refractivity contribution in [1.82, 2.24) is 19.6 Å². The van der Waals surface area contributed by atoms with Gasteiger partial charge in [0, 0.05) is 30.8 Å². The van der Waals surface area contributed by atoms with Gasteiger partial charge < -0.3 is 10.0 Å². The zero-order chi connectivity index (χ0) is 13.0. The van der Waals surface area contributed by atoms with Crippen molar-refractivity contribution in [2.24, 2.45) is 11.8 Å². The van der Waals surface area contributed by atoms with Crippen LogP contribution in [0.3, 0.4) is 0 Å². The van der Waals surface area contributed by atoms with Gasteiger partial charge in [-0.3, -0.25) is 0 Å². The molecule has 0 bridgehead atoms. The Hall–Kier alpha value is -1.69. The number of nitrogens with zero attached hydrogens (tertiary/aromatic N) is 5. The number of rotatable bonds is 1. The van der Waals surface area contributed by atoms with Gasteiger partial charge in [-0.05, 0) is 25.7 Å². The summed E-state index contributed by atoms with van der Waals surface area (Å²) in [7, 11) is 0. The first-order valence-electron chi connectivity index (χ1n) is 6.83. The Morgan fingerprint density at radius 3 is 3.05 bits per heavy atom. The van der Waals surface area contributed by atoms with Crippen LogP contribution in [0.1, 0.15) is 18.5 Å². The first-order chi connectivity index (χ1) is 9.22. The topological polar surface area (TPSA) is 66.5 Å². The minimum Gasteiger partial charge on any atom is -0.393 e. The molecule has 3 atom stereocenters. The predicted octanol–water partition coefficient (Wildman–Crippen LogP) is 0.640. The summed E-state index contributed by atoms with van der Waals surface area (Å²) >= 11 is 0. The molecule has 1 aliphatic carbocycles. The van der Waals surface area contributed by atoms with Gasteiger partial charge in [0.2, 0.25) is 0 Å². The van der Waals surface area contributed by atoms with Crippen LogP contribution >= 0.6 is 0 Å². The van der Waals surface area contributed by atoms with E-state index in [0.717, 1.165) is 37.4 Å². The molecule has 3 unspecified atom stereocenters. The second kappa shape index (κ2) is 3.90. The van der Waals surface area contributed by atoms with Crippen molar-refractivity contribution in [3.05, 3.63) is 18.1 Å². The molecule has 0 amide bonds. The number of hydrogen-bond donors (Lipinski definition) is 1. The standard InChI is InChI=1S/C13H17N5O/c1-8-4-12(18-13(16-8)14-7-15-18)17-5-9-2-3-11(19)10(9)6-17/h4,7,9-11,19H,2-3,5-6H2,1H3. The molecule has 2 aliphatic rings. The lowest BCUT2D eigenvalue weighted by atomic mass is 10.00. The molecule has 1 saturated heterocycles. The lowest BCUT2D eigenvalue weighted by molar-refractivity contribution is 0.133. The van der Waals surface area contributed by atoms with Crippen LogP contribution in [0.15, 0.2) is 12.4 Å². The molecule has 6 nitrogen and oxygen atoms in total. The van der Waals surface area contributed by atoms with Gasteiger partial charge in [0.1, 0.15) is 12.1 Å². The zero-order valence-electron chi connectivity index (χ0n) is 10.9. The van der Waals surface area contributed by atoms with E-state index in [1.165, 1.54) is 6.33 Å². The molecule has 0 spiro atoms. The van der Waals surface area contributed by atoms with Crippen LogP contribution in [0.4, 0.5) is 5.82 Å². The van der Waals surface area contributed by atoms with E-state index in [1.54, 1.807) is 4.52 Å². The van der Waals surface area contributed by atoms with Crippen LogP contribution in [0.2, 0.25) is 0 Å². The maximum absolute atomic E-state index is 10.0. The minimum absolute atomic E-state index is 0.135. The summed E-state index contributed by atoms with van der Waals surface area (Å²) in [6.45, 7) is 3.88. The Bertz CT molecular complexity index is 625. The Labute approximate surface area is 111 Å². The average Bonchev–Trinajstić information content (AvgIpc) is 3.05. The Morgan fingerprint density at radius 2 is 2.21 bits per heavy atom. The lowest BCUT2D eigenvalue weighted by Crippen LogP contribution is -2.26. The fraction of sp³-hybridized carbons (Fsp3) is 0.615. The largest absolute Gasteiger partial charge is 0.393 e. The summed E-state index contributed by atoms with van der Waals surface area (Å²) in [5.41, 5.74) is 0.952. The highest BCUT2D eigenvalue weighted by Gasteiger charge is 2.42. The third-order valence-electron chi connectivity index (χ3n) is 4.50. The highest BCUT2D eigenvalue weighted by molar-refractivity contribution is 5.48.